The van der Waals surface area contributed by atoms with Crippen LogP contribution in [0.3, 0.4) is 0 Å². The van der Waals surface area contributed by atoms with Crippen LogP contribution in [-0.4, -0.2) is 33.7 Å². The van der Waals surface area contributed by atoms with Crippen LogP contribution in [0.25, 0.3) is 21.7 Å². The van der Waals surface area contributed by atoms with Crippen LogP contribution in [0.4, 0.5) is 0 Å². The molecule has 0 bridgehead atoms. The fourth-order valence-corrected chi connectivity index (χ4v) is 3.28. The van der Waals surface area contributed by atoms with Gasteiger partial charge in [-0.05, 0) is 0 Å². The lowest BCUT2D eigenvalue weighted by atomic mass is 10.2. The molecule has 0 fully saturated rings. The van der Waals surface area contributed by atoms with Gasteiger partial charge in [0.05, 0.1) is 12.9 Å². The highest BCUT2D eigenvalue weighted by molar-refractivity contribution is 7.74. The monoisotopic (exact) mass is 361 g/mol. The van der Waals surface area contributed by atoms with Crippen LogP contribution in [0.15, 0.2) is 36.7 Å². The first-order chi connectivity index (χ1) is 11.6. The Kier molecular flexibility index (Phi) is 5.29. The van der Waals surface area contributed by atoms with E-state index in [9.17, 15) is 4.79 Å². The molecule has 0 aliphatic heterocycles. The number of nitrogens with zero attached hydrogens (tertiary/aromatic N) is 3. The number of imidazole rings is 1. The van der Waals surface area contributed by atoms with Crippen molar-refractivity contribution >= 4 is 40.7 Å². The summed E-state index contributed by atoms with van der Waals surface area (Å²) >= 11 is 6.88. The second-order valence-electron chi connectivity index (χ2n) is 4.94. The number of fused-ring (bicyclic) bond motifs is 1. The van der Waals surface area contributed by atoms with Gasteiger partial charge in [0, 0.05) is 12.5 Å². The van der Waals surface area contributed by atoms with Gasteiger partial charge in [-0.25, -0.2) is 9.97 Å². The Morgan fingerprint density at radius 2 is 2.08 bits per heavy atom. The van der Waals surface area contributed by atoms with Gasteiger partial charge >= 0.3 is 5.97 Å². The summed E-state index contributed by atoms with van der Waals surface area (Å²) in [6, 6.07) is 9.88. The maximum atomic E-state index is 10.7. The number of carbonyl (C=O) groups is 1. The third-order valence-corrected chi connectivity index (χ3v) is 4.53. The Morgan fingerprint density at radius 3 is 2.83 bits per heavy atom. The maximum Gasteiger partial charge on any atom is 0.302 e. The summed E-state index contributed by atoms with van der Waals surface area (Å²) in [7, 11) is 0. The fourth-order valence-electron chi connectivity index (χ4n) is 2.10. The second kappa shape index (κ2) is 7.61. The Labute approximate surface area is 147 Å². The summed E-state index contributed by atoms with van der Waals surface area (Å²) in [5.41, 5.74) is 2.39. The predicted molar refractivity (Wildman–Crippen MR) is 94.3 cm³/mol. The smallest absolute Gasteiger partial charge is 0.302 e. The molecule has 3 aromatic rings. The van der Waals surface area contributed by atoms with Crippen molar-refractivity contribution in [3.63, 3.8) is 0 Å². The zero-order chi connectivity index (χ0) is 16.9. The van der Waals surface area contributed by atoms with Gasteiger partial charge in [0.2, 0.25) is 0 Å². The van der Waals surface area contributed by atoms with Gasteiger partial charge in [0.1, 0.15) is 27.7 Å². The van der Waals surface area contributed by atoms with Gasteiger partial charge in [0.15, 0.2) is 5.65 Å². The summed E-state index contributed by atoms with van der Waals surface area (Å²) in [5.74, 6) is -0.321. The molecule has 8 heteroatoms. The van der Waals surface area contributed by atoms with Gasteiger partial charge in [-0.2, -0.15) is 0 Å². The number of hydrogen-bond acceptors (Lipinski definition) is 7. The molecule has 3 rings (SSSR count). The lowest BCUT2D eigenvalue weighted by molar-refractivity contribution is -0.142. The molecule has 2 aromatic heterocycles. The summed E-state index contributed by atoms with van der Waals surface area (Å²) < 4.78 is 12.8. The van der Waals surface area contributed by atoms with E-state index in [4.69, 9.17) is 21.7 Å². The molecule has 0 spiro atoms. The Morgan fingerprint density at radius 1 is 1.29 bits per heavy atom. The van der Waals surface area contributed by atoms with E-state index in [1.807, 2.05) is 30.3 Å². The van der Waals surface area contributed by atoms with Gasteiger partial charge in [-0.3, -0.25) is 9.36 Å². The zero-order valence-corrected chi connectivity index (χ0v) is 14.6. The van der Waals surface area contributed by atoms with E-state index in [2.05, 4.69) is 9.97 Å². The Bertz CT molecular complexity index is 906. The van der Waals surface area contributed by atoms with Crippen LogP contribution in [0.1, 0.15) is 6.92 Å². The van der Waals surface area contributed by atoms with Crippen LogP contribution < -0.4 is 0 Å². The van der Waals surface area contributed by atoms with Crippen molar-refractivity contribution < 1.29 is 14.3 Å². The standard InChI is InChI=1S/C16H15N3O3S2/c1-11(20)22-8-7-21-10-19-9-17-13-14(19)18-15(24-16(13)23)12-5-3-2-4-6-12/h2-6,9H,7-8,10H2,1H3. The number of esters is 1. The predicted octanol–water partition coefficient (Wildman–Crippen LogP) is 3.43. The van der Waals surface area contributed by atoms with Crippen molar-refractivity contribution in [1.29, 1.82) is 0 Å². The molecule has 0 atom stereocenters. The molecule has 0 aliphatic rings. The van der Waals surface area contributed by atoms with E-state index in [0.29, 0.717) is 21.6 Å². The molecule has 0 aliphatic carbocycles. The van der Waals surface area contributed by atoms with Crippen molar-refractivity contribution in [3.05, 3.63) is 40.5 Å². The first-order valence-electron chi connectivity index (χ1n) is 7.27. The average Bonchev–Trinajstić information content (AvgIpc) is 2.99. The molecule has 0 saturated heterocycles. The van der Waals surface area contributed by atoms with Crippen molar-refractivity contribution in [2.24, 2.45) is 0 Å². The summed E-state index contributed by atoms with van der Waals surface area (Å²) in [6.45, 7) is 2.16. The van der Waals surface area contributed by atoms with Gasteiger partial charge in [0.25, 0.3) is 0 Å². The SMILES string of the molecule is CC(=O)OCCOCn1cnc2c(=S)sc(-c3ccccc3)nc21. The highest BCUT2D eigenvalue weighted by Gasteiger charge is 2.10. The first kappa shape index (κ1) is 16.7. The minimum absolute atomic E-state index is 0.221. The topological polar surface area (TPSA) is 66.2 Å². The summed E-state index contributed by atoms with van der Waals surface area (Å²) in [6.07, 6.45) is 1.65. The first-order valence-corrected chi connectivity index (χ1v) is 8.50. The Hall–Kier alpha value is -2.16. The Balaban J connectivity index is 1.81. The molecule has 0 unspecified atom stereocenters. The summed E-state index contributed by atoms with van der Waals surface area (Å²) in [5, 5.41) is 0.842. The van der Waals surface area contributed by atoms with Crippen LogP contribution in [-0.2, 0) is 21.0 Å². The fraction of sp³-hybridized carbons (Fsp3) is 0.250. The van der Waals surface area contributed by atoms with E-state index in [1.54, 1.807) is 10.9 Å². The lowest BCUT2D eigenvalue weighted by Crippen LogP contribution is -2.10. The van der Waals surface area contributed by atoms with Crippen molar-refractivity contribution in [2.75, 3.05) is 13.2 Å². The van der Waals surface area contributed by atoms with Gasteiger partial charge < -0.3 is 9.47 Å². The minimum atomic E-state index is -0.321. The molecule has 0 radical (unpaired) electrons. The lowest BCUT2D eigenvalue weighted by Gasteiger charge is -2.07. The molecule has 1 aromatic carbocycles. The van der Waals surface area contributed by atoms with E-state index in [1.165, 1.54) is 18.3 Å². The van der Waals surface area contributed by atoms with E-state index in [0.717, 1.165) is 10.6 Å². The quantitative estimate of drug-likeness (QED) is 0.381. The molecular weight excluding hydrogens is 346 g/mol. The minimum Gasteiger partial charge on any atom is -0.463 e. The molecule has 2 heterocycles. The third kappa shape index (κ3) is 3.84. The third-order valence-electron chi connectivity index (χ3n) is 3.18. The van der Waals surface area contributed by atoms with Gasteiger partial charge in [-0.1, -0.05) is 42.5 Å². The largest absolute Gasteiger partial charge is 0.463 e. The number of aromatic nitrogens is 3. The molecule has 0 N–H and O–H groups in total. The number of hydrogen-bond donors (Lipinski definition) is 0. The molecule has 124 valence electrons. The van der Waals surface area contributed by atoms with Crippen LogP contribution >= 0.6 is 23.6 Å². The average molecular weight is 361 g/mol. The van der Waals surface area contributed by atoms with E-state index < -0.39 is 0 Å². The van der Waals surface area contributed by atoms with Crippen molar-refractivity contribution in [3.8, 4) is 10.6 Å². The molecule has 24 heavy (non-hydrogen) atoms. The number of rotatable bonds is 6. The van der Waals surface area contributed by atoms with E-state index >= 15 is 0 Å². The highest BCUT2D eigenvalue weighted by atomic mass is 32.1. The summed E-state index contributed by atoms with van der Waals surface area (Å²) in [4.78, 5) is 19.7. The number of ether oxygens (including phenoxy) is 2. The van der Waals surface area contributed by atoms with E-state index in [-0.39, 0.29) is 19.3 Å². The normalized spacial score (nSPS) is 10.9. The highest BCUT2D eigenvalue weighted by Crippen LogP contribution is 2.26. The molecule has 0 saturated carbocycles. The number of benzene rings is 1. The molecule has 6 nitrogen and oxygen atoms in total. The van der Waals surface area contributed by atoms with Gasteiger partial charge in [-0.15, -0.1) is 11.3 Å². The number of carbonyl (C=O) groups excluding carboxylic acids is 1. The van der Waals surface area contributed by atoms with Crippen LogP contribution in [0, 0.1) is 3.82 Å². The molecular formula is C16H15N3O3S2. The molecule has 0 amide bonds. The van der Waals surface area contributed by atoms with Crippen LogP contribution in [0.5, 0.6) is 0 Å². The van der Waals surface area contributed by atoms with Crippen LogP contribution in [0.2, 0.25) is 0 Å². The second-order valence-corrected chi connectivity index (χ2v) is 6.60. The zero-order valence-electron chi connectivity index (χ0n) is 13.0. The maximum absolute atomic E-state index is 10.7. The van der Waals surface area contributed by atoms with Crippen molar-refractivity contribution in [1.82, 2.24) is 14.5 Å². The van der Waals surface area contributed by atoms with Crippen molar-refractivity contribution in [2.45, 2.75) is 13.7 Å².